The largest absolute Gasteiger partial charge is 0.497 e. The maximum atomic E-state index is 13.7. The van der Waals surface area contributed by atoms with Crippen LogP contribution in [-0.4, -0.2) is 67.4 Å². The SMILES string of the molecule is COc1ccc(C(=O)NCCC[N+]23CCC(CC2)[C@@H](OC(=O)C(O)(c2ccccc2)c2ccccc2)C3)cc1. The van der Waals surface area contributed by atoms with Crippen molar-refractivity contribution in [2.24, 2.45) is 5.92 Å². The van der Waals surface area contributed by atoms with Crippen molar-refractivity contribution in [2.75, 3.05) is 39.8 Å². The van der Waals surface area contributed by atoms with Crippen molar-refractivity contribution in [2.45, 2.75) is 31.0 Å². The van der Waals surface area contributed by atoms with E-state index in [0.29, 0.717) is 29.2 Å². The molecule has 1 atom stereocenters. The summed E-state index contributed by atoms with van der Waals surface area (Å²) in [4.78, 5) is 26.2. The monoisotopic (exact) mass is 529 g/mol. The second-order valence-corrected chi connectivity index (χ2v) is 10.8. The highest BCUT2D eigenvalue weighted by Gasteiger charge is 2.50. The minimum Gasteiger partial charge on any atom is -0.497 e. The first-order valence-corrected chi connectivity index (χ1v) is 13.8. The summed E-state index contributed by atoms with van der Waals surface area (Å²) in [5.41, 5.74) is -0.263. The lowest BCUT2D eigenvalue weighted by molar-refractivity contribution is -0.946. The number of hydrogen-bond acceptors (Lipinski definition) is 5. The highest BCUT2D eigenvalue weighted by molar-refractivity contribution is 5.94. The van der Waals surface area contributed by atoms with Gasteiger partial charge in [0.2, 0.25) is 5.60 Å². The number of hydrogen-bond donors (Lipinski definition) is 2. The van der Waals surface area contributed by atoms with Crippen molar-refractivity contribution >= 4 is 11.9 Å². The van der Waals surface area contributed by atoms with E-state index in [0.717, 1.165) is 55.7 Å². The molecule has 3 aromatic carbocycles. The molecule has 1 amide bonds. The Labute approximate surface area is 230 Å². The van der Waals surface area contributed by atoms with Gasteiger partial charge in [0.15, 0.2) is 6.10 Å². The van der Waals surface area contributed by atoms with Crippen LogP contribution in [0.5, 0.6) is 5.75 Å². The van der Waals surface area contributed by atoms with Gasteiger partial charge in [0.1, 0.15) is 12.3 Å². The molecule has 204 valence electrons. The molecule has 7 nitrogen and oxygen atoms in total. The molecule has 3 heterocycles. The Bertz CT molecular complexity index is 1220. The van der Waals surface area contributed by atoms with Gasteiger partial charge in [-0.1, -0.05) is 60.7 Å². The summed E-state index contributed by atoms with van der Waals surface area (Å²) in [5, 5.41) is 14.8. The van der Waals surface area contributed by atoms with Gasteiger partial charge in [0.25, 0.3) is 5.91 Å². The van der Waals surface area contributed by atoms with Gasteiger partial charge >= 0.3 is 5.97 Å². The van der Waals surface area contributed by atoms with Crippen LogP contribution in [0.4, 0.5) is 0 Å². The summed E-state index contributed by atoms with van der Waals surface area (Å²) >= 11 is 0. The van der Waals surface area contributed by atoms with Crippen molar-refractivity contribution < 1.29 is 28.7 Å². The molecule has 0 aliphatic carbocycles. The van der Waals surface area contributed by atoms with E-state index in [1.807, 2.05) is 36.4 Å². The highest BCUT2D eigenvalue weighted by atomic mass is 16.6. The van der Waals surface area contributed by atoms with Gasteiger partial charge in [0, 0.05) is 37.3 Å². The van der Waals surface area contributed by atoms with Crippen LogP contribution in [0.25, 0.3) is 0 Å². The molecular weight excluding hydrogens is 492 g/mol. The zero-order valence-electron chi connectivity index (χ0n) is 22.4. The van der Waals surface area contributed by atoms with E-state index in [9.17, 15) is 14.7 Å². The summed E-state index contributed by atoms with van der Waals surface area (Å²) in [5.74, 6) is 0.308. The summed E-state index contributed by atoms with van der Waals surface area (Å²) < 4.78 is 12.2. The lowest BCUT2D eigenvalue weighted by atomic mass is 9.82. The quantitative estimate of drug-likeness (QED) is 0.236. The Morgan fingerprint density at radius 3 is 2.08 bits per heavy atom. The molecule has 6 rings (SSSR count). The normalized spacial score (nSPS) is 22.2. The number of rotatable bonds is 10. The molecule has 2 N–H and O–H groups in total. The van der Waals surface area contributed by atoms with E-state index >= 15 is 0 Å². The second kappa shape index (κ2) is 11.6. The maximum Gasteiger partial charge on any atom is 0.348 e. The summed E-state index contributed by atoms with van der Waals surface area (Å²) in [6, 6.07) is 25.1. The van der Waals surface area contributed by atoms with Crippen molar-refractivity contribution in [3.63, 3.8) is 0 Å². The number of amides is 1. The van der Waals surface area contributed by atoms with E-state index in [2.05, 4.69) is 5.32 Å². The predicted molar refractivity (Wildman–Crippen MR) is 148 cm³/mol. The van der Waals surface area contributed by atoms with Gasteiger partial charge < -0.3 is 24.4 Å². The lowest BCUT2D eigenvalue weighted by Crippen LogP contribution is -2.65. The van der Waals surface area contributed by atoms with Crippen LogP contribution in [0.1, 0.15) is 40.7 Å². The number of nitrogens with one attached hydrogen (secondary N) is 1. The fourth-order valence-electron chi connectivity index (χ4n) is 6.11. The van der Waals surface area contributed by atoms with Crippen LogP contribution in [-0.2, 0) is 15.1 Å². The number of ether oxygens (including phenoxy) is 2. The Morgan fingerprint density at radius 2 is 1.51 bits per heavy atom. The number of nitrogens with zero attached hydrogens (tertiary/aromatic N) is 1. The fourth-order valence-corrected chi connectivity index (χ4v) is 6.11. The van der Waals surface area contributed by atoms with E-state index in [-0.39, 0.29) is 12.0 Å². The molecule has 0 saturated carbocycles. The second-order valence-electron chi connectivity index (χ2n) is 10.8. The van der Waals surface area contributed by atoms with Crippen LogP contribution in [0.15, 0.2) is 84.9 Å². The predicted octanol–water partition coefficient (Wildman–Crippen LogP) is 3.90. The number of quaternary nitrogens is 1. The Hall–Kier alpha value is -3.68. The molecule has 3 saturated heterocycles. The summed E-state index contributed by atoms with van der Waals surface area (Å²) in [6.07, 6.45) is 2.58. The summed E-state index contributed by atoms with van der Waals surface area (Å²) in [7, 11) is 1.60. The zero-order chi connectivity index (χ0) is 27.3. The minimum atomic E-state index is -1.87. The zero-order valence-corrected chi connectivity index (χ0v) is 22.4. The third kappa shape index (κ3) is 5.70. The molecule has 0 spiro atoms. The molecule has 3 aliphatic rings. The number of piperidine rings is 3. The Kier molecular flexibility index (Phi) is 8.00. The maximum absolute atomic E-state index is 13.7. The van der Waals surface area contributed by atoms with E-state index < -0.39 is 11.6 Å². The molecule has 39 heavy (non-hydrogen) atoms. The van der Waals surface area contributed by atoms with Crippen molar-refractivity contribution in [3.8, 4) is 5.75 Å². The molecule has 0 aromatic heterocycles. The number of esters is 1. The van der Waals surface area contributed by atoms with Crippen LogP contribution in [0, 0.1) is 5.92 Å². The lowest BCUT2D eigenvalue weighted by Gasteiger charge is -2.52. The highest BCUT2D eigenvalue weighted by Crippen LogP contribution is 2.38. The van der Waals surface area contributed by atoms with E-state index in [4.69, 9.17) is 9.47 Å². The number of benzene rings is 3. The standard InChI is InChI=1S/C32H36N2O5/c1-38-28-15-13-25(14-16-28)30(35)33-19-8-20-34-21-17-24(18-22-34)29(23-34)39-31(36)32(37,26-9-4-2-5-10-26)27-11-6-3-7-12-27/h2-7,9-16,24,29,37H,8,17-23H2,1H3/p+1/t24?,29-,34?/m0/s1. The number of aliphatic hydroxyl groups is 1. The molecule has 0 unspecified atom stereocenters. The molecule has 2 bridgehead atoms. The van der Waals surface area contributed by atoms with Crippen LogP contribution in [0.2, 0.25) is 0 Å². The third-order valence-corrected chi connectivity index (χ3v) is 8.43. The van der Waals surface area contributed by atoms with Crippen LogP contribution >= 0.6 is 0 Å². The first-order valence-electron chi connectivity index (χ1n) is 13.8. The number of carbonyl (C=O) groups is 2. The number of fused-ring (bicyclic) bond motifs is 3. The number of carbonyl (C=O) groups excluding carboxylic acids is 2. The van der Waals surface area contributed by atoms with Crippen molar-refractivity contribution in [1.29, 1.82) is 0 Å². The first-order chi connectivity index (χ1) is 18.9. The third-order valence-electron chi connectivity index (χ3n) is 8.43. The Balaban J connectivity index is 1.21. The average molecular weight is 530 g/mol. The first kappa shape index (κ1) is 26.9. The molecular formula is C32H37N2O5+. The van der Waals surface area contributed by atoms with E-state index in [1.165, 1.54) is 0 Å². The van der Waals surface area contributed by atoms with Gasteiger partial charge in [-0.05, 0) is 35.4 Å². The fraction of sp³-hybridized carbons (Fsp3) is 0.375. The van der Waals surface area contributed by atoms with Crippen molar-refractivity contribution in [1.82, 2.24) is 5.32 Å². The van der Waals surface area contributed by atoms with Crippen LogP contribution < -0.4 is 10.1 Å². The molecule has 3 aromatic rings. The molecule has 0 radical (unpaired) electrons. The minimum absolute atomic E-state index is 0.0945. The molecule has 3 aliphatic heterocycles. The van der Waals surface area contributed by atoms with Crippen LogP contribution in [0.3, 0.4) is 0 Å². The average Bonchev–Trinajstić information content (AvgIpc) is 3.00. The topological polar surface area (TPSA) is 84.9 Å². The van der Waals surface area contributed by atoms with Gasteiger partial charge in [-0.2, -0.15) is 0 Å². The summed E-state index contributed by atoms with van der Waals surface area (Å²) in [6.45, 7) is 4.33. The molecule has 7 heteroatoms. The van der Waals surface area contributed by atoms with Gasteiger partial charge in [-0.15, -0.1) is 0 Å². The van der Waals surface area contributed by atoms with Gasteiger partial charge in [0.05, 0.1) is 26.7 Å². The van der Waals surface area contributed by atoms with E-state index in [1.54, 1.807) is 55.6 Å². The molecule has 3 fully saturated rings. The smallest absolute Gasteiger partial charge is 0.348 e. The number of methoxy groups -OCH3 is 1. The van der Waals surface area contributed by atoms with Crippen molar-refractivity contribution in [3.05, 3.63) is 102 Å². The Morgan fingerprint density at radius 1 is 0.923 bits per heavy atom. The van der Waals surface area contributed by atoms with Gasteiger partial charge in [-0.3, -0.25) is 4.79 Å². The van der Waals surface area contributed by atoms with Gasteiger partial charge in [-0.25, -0.2) is 4.79 Å².